The van der Waals surface area contributed by atoms with Crippen LogP contribution in [0, 0.1) is 6.92 Å². The molecule has 0 aliphatic heterocycles. The molecule has 3 heteroatoms. The van der Waals surface area contributed by atoms with E-state index in [1.807, 2.05) is 31.2 Å². The van der Waals surface area contributed by atoms with E-state index in [2.05, 4.69) is 5.10 Å². The third-order valence-electron chi connectivity index (χ3n) is 1.94. The second kappa shape index (κ2) is 3.23. The summed E-state index contributed by atoms with van der Waals surface area (Å²) in [4.78, 5) is 0. The molecule has 2 nitrogen and oxygen atoms in total. The van der Waals surface area contributed by atoms with Gasteiger partial charge in [0.15, 0.2) is 0 Å². The molecule has 1 heterocycles. The van der Waals surface area contributed by atoms with Crippen molar-refractivity contribution in [3.8, 4) is 5.69 Å². The highest BCUT2D eigenvalue weighted by atomic mass is 35.5. The molecule has 0 amide bonds. The second-order valence-corrected chi connectivity index (χ2v) is 3.24. The molecule has 66 valence electrons. The number of benzene rings is 1. The highest BCUT2D eigenvalue weighted by Crippen LogP contribution is 2.17. The van der Waals surface area contributed by atoms with Gasteiger partial charge in [0, 0.05) is 0 Å². The number of hydrogen-bond acceptors (Lipinski definition) is 1. The second-order valence-electron chi connectivity index (χ2n) is 2.85. The van der Waals surface area contributed by atoms with E-state index in [1.54, 1.807) is 16.9 Å². The quantitative estimate of drug-likeness (QED) is 0.680. The van der Waals surface area contributed by atoms with Crippen LogP contribution < -0.4 is 0 Å². The van der Waals surface area contributed by atoms with E-state index < -0.39 is 0 Å². The van der Waals surface area contributed by atoms with Crippen molar-refractivity contribution in [2.75, 3.05) is 0 Å². The van der Waals surface area contributed by atoms with E-state index in [1.165, 1.54) is 0 Å². The van der Waals surface area contributed by atoms with Crippen molar-refractivity contribution in [3.05, 3.63) is 47.2 Å². The predicted molar refractivity (Wildman–Crippen MR) is 53.3 cm³/mol. The van der Waals surface area contributed by atoms with E-state index in [9.17, 15) is 0 Å². The van der Waals surface area contributed by atoms with Gasteiger partial charge in [-0.1, -0.05) is 29.8 Å². The Morgan fingerprint density at radius 2 is 2.00 bits per heavy atom. The summed E-state index contributed by atoms with van der Waals surface area (Å²) < 4.78 is 1.72. The van der Waals surface area contributed by atoms with Crippen LogP contribution in [0.2, 0.25) is 5.15 Å². The molecule has 0 aliphatic rings. The minimum atomic E-state index is 0.634. The third-order valence-corrected chi connectivity index (χ3v) is 2.23. The van der Waals surface area contributed by atoms with Gasteiger partial charge in [0.05, 0.1) is 11.9 Å². The van der Waals surface area contributed by atoms with Gasteiger partial charge in [-0.3, -0.25) is 0 Å². The Morgan fingerprint density at radius 3 is 2.62 bits per heavy atom. The largest absolute Gasteiger partial charge is 0.222 e. The molecule has 0 unspecified atom stereocenters. The molecule has 0 saturated carbocycles. The van der Waals surface area contributed by atoms with Crippen LogP contribution in [-0.4, -0.2) is 9.78 Å². The molecule has 13 heavy (non-hydrogen) atoms. The Labute approximate surface area is 81.8 Å². The summed E-state index contributed by atoms with van der Waals surface area (Å²) in [6.07, 6.45) is 1.69. The smallest absolute Gasteiger partial charge is 0.132 e. The first-order valence-corrected chi connectivity index (χ1v) is 4.42. The molecule has 2 aromatic rings. The molecule has 0 fully saturated rings. The lowest BCUT2D eigenvalue weighted by atomic mass is 10.2. The van der Waals surface area contributed by atoms with E-state index in [0.717, 1.165) is 11.3 Å². The molecule has 1 aromatic carbocycles. The van der Waals surface area contributed by atoms with Crippen LogP contribution in [0.1, 0.15) is 5.56 Å². The highest BCUT2D eigenvalue weighted by molar-refractivity contribution is 6.29. The number of para-hydroxylation sites is 1. The fraction of sp³-hybridized carbons (Fsp3) is 0.100. The van der Waals surface area contributed by atoms with Gasteiger partial charge < -0.3 is 0 Å². The summed E-state index contributed by atoms with van der Waals surface area (Å²) in [5.74, 6) is 0. The predicted octanol–water partition coefficient (Wildman–Crippen LogP) is 2.83. The molecule has 2 rings (SSSR count). The zero-order valence-electron chi connectivity index (χ0n) is 7.24. The van der Waals surface area contributed by atoms with Gasteiger partial charge in [-0.25, -0.2) is 4.68 Å². The number of rotatable bonds is 1. The molecule has 0 spiro atoms. The Bertz CT molecular complexity index is 420. The average molecular weight is 193 g/mol. The zero-order valence-corrected chi connectivity index (χ0v) is 7.99. The molecule has 0 aliphatic carbocycles. The van der Waals surface area contributed by atoms with Gasteiger partial charge in [0.25, 0.3) is 0 Å². The summed E-state index contributed by atoms with van der Waals surface area (Å²) in [7, 11) is 0. The van der Waals surface area contributed by atoms with Crippen molar-refractivity contribution in [1.82, 2.24) is 9.78 Å². The van der Waals surface area contributed by atoms with Crippen molar-refractivity contribution < 1.29 is 0 Å². The van der Waals surface area contributed by atoms with Crippen LogP contribution in [0.25, 0.3) is 5.69 Å². The van der Waals surface area contributed by atoms with E-state index >= 15 is 0 Å². The number of aromatic nitrogens is 2. The van der Waals surface area contributed by atoms with Crippen molar-refractivity contribution in [3.63, 3.8) is 0 Å². The van der Waals surface area contributed by atoms with Crippen molar-refractivity contribution in [1.29, 1.82) is 0 Å². The lowest BCUT2D eigenvalue weighted by molar-refractivity contribution is 0.873. The maximum atomic E-state index is 5.95. The van der Waals surface area contributed by atoms with Crippen LogP contribution in [0.4, 0.5) is 0 Å². The third kappa shape index (κ3) is 1.45. The molecule has 0 radical (unpaired) electrons. The fourth-order valence-electron chi connectivity index (χ4n) is 1.27. The van der Waals surface area contributed by atoms with Crippen LogP contribution in [0.3, 0.4) is 0 Å². The van der Waals surface area contributed by atoms with Gasteiger partial charge in [-0.2, -0.15) is 5.10 Å². The number of nitrogens with zero attached hydrogens (tertiary/aromatic N) is 2. The topological polar surface area (TPSA) is 17.8 Å². The number of aryl methyl sites for hydroxylation is 1. The number of hydrogen-bond donors (Lipinski definition) is 0. The normalized spacial score (nSPS) is 10.3. The molecule has 0 N–H and O–H groups in total. The summed E-state index contributed by atoms with van der Waals surface area (Å²) in [6.45, 7) is 2.04. The van der Waals surface area contributed by atoms with E-state index in [0.29, 0.717) is 5.15 Å². The van der Waals surface area contributed by atoms with Crippen molar-refractivity contribution >= 4 is 11.6 Å². The minimum absolute atomic E-state index is 0.634. The first kappa shape index (κ1) is 8.32. The minimum Gasteiger partial charge on any atom is -0.222 e. The SMILES string of the molecule is Cc1ccccc1-n1nccc1Cl. The molecular weight excluding hydrogens is 184 g/mol. The maximum absolute atomic E-state index is 5.95. The van der Waals surface area contributed by atoms with Crippen LogP contribution >= 0.6 is 11.6 Å². The summed E-state index contributed by atoms with van der Waals surface area (Å²) >= 11 is 5.95. The lowest BCUT2D eigenvalue weighted by Crippen LogP contribution is -1.98. The van der Waals surface area contributed by atoms with Crippen molar-refractivity contribution in [2.45, 2.75) is 6.92 Å². The van der Waals surface area contributed by atoms with Crippen LogP contribution in [0.15, 0.2) is 36.5 Å². The van der Waals surface area contributed by atoms with Crippen molar-refractivity contribution in [2.24, 2.45) is 0 Å². The summed E-state index contributed by atoms with van der Waals surface area (Å²) in [5.41, 5.74) is 2.19. The molecule has 0 bridgehead atoms. The summed E-state index contributed by atoms with van der Waals surface area (Å²) in [5, 5.41) is 4.77. The van der Waals surface area contributed by atoms with Gasteiger partial charge in [0.2, 0.25) is 0 Å². The van der Waals surface area contributed by atoms with Gasteiger partial charge in [0.1, 0.15) is 5.15 Å². The molecular formula is C10H9ClN2. The first-order valence-electron chi connectivity index (χ1n) is 4.04. The number of halogens is 1. The molecule has 1 aromatic heterocycles. The monoisotopic (exact) mass is 192 g/mol. The molecule has 0 atom stereocenters. The highest BCUT2D eigenvalue weighted by Gasteiger charge is 2.03. The average Bonchev–Trinajstić information content (AvgIpc) is 2.52. The Morgan fingerprint density at radius 1 is 1.23 bits per heavy atom. The Kier molecular flexibility index (Phi) is 2.07. The van der Waals surface area contributed by atoms with Gasteiger partial charge in [-0.05, 0) is 24.6 Å². The van der Waals surface area contributed by atoms with Crippen LogP contribution in [0.5, 0.6) is 0 Å². The van der Waals surface area contributed by atoms with Crippen LogP contribution in [-0.2, 0) is 0 Å². The van der Waals surface area contributed by atoms with E-state index in [4.69, 9.17) is 11.6 Å². The van der Waals surface area contributed by atoms with Gasteiger partial charge in [-0.15, -0.1) is 0 Å². The lowest BCUT2D eigenvalue weighted by Gasteiger charge is -2.05. The standard InChI is InChI=1S/C10H9ClN2/c1-8-4-2-3-5-9(8)13-10(11)6-7-12-13/h2-7H,1H3. The zero-order chi connectivity index (χ0) is 9.26. The molecule has 0 saturated heterocycles. The Balaban J connectivity index is 2.59. The van der Waals surface area contributed by atoms with Gasteiger partial charge >= 0.3 is 0 Å². The maximum Gasteiger partial charge on any atom is 0.132 e. The fourth-order valence-corrected chi connectivity index (χ4v) is 1.46. The summed E-state index contributed by atoms with van der Waals surface area (Å²) in [6, 6.07) is 9.77. The first-order chi connectivity index (χ1) is 6.29. The Hall–Kier alpha value is -1.28. The van der Waals surface area contributed by atoms with E-state index in [-0.39, 0.29) is 0 Å².